The normalized spacial score (nSPS) is 23.1. The summed E-state index contributed by atoms with van der Waals surface area (Å²) in [5, 5.41) is 25.6. The van der Waals surface area contributed by atoms with Gasteiger partial charge in [0, 0.05) is 55.1 Å². The van der Waals surface area contributed by atoms with Gasteiger partial charge in [0.25, 0.3) is 0 Å². The highest BCUT2D eigenvalue weighted by Crippen LogP contribution is 2.32. The molecule has 160 valence electrons. The molecule has 0 bridgehead atoms. The van der Waals surface area contributed by atoms with Gasteiger partial charge in [-0.15, -0.1) is 0 Å². The summed E-state index contributed by atoms with van der Waals surface area (Å²) in [5.41, 5.74) is 4.49. The molecular formula is C24H28N6O. The Hall–Kier alpha value is -3.19. The first-order valence-electron chi connectivity index (χ1n) is 10.9. The third-order valence-corrected chi connectivity index (χ3v) is 6.24. The Labute approximate surface area is 182 Å². The maximum atomic E-state index is 10.7. The monoisotopic (exact) mass is 416 g/mol. The minimum atomic E-state index is 0.0981. The highest BCUT2D eigenvalue weighted by atomic mass is 16.3. The highest BCUT2D eigenvalue weighted by Gasteiger charge is 2.29. The summed E-state index contributed by atoms with van der Waals surface area (Å²) in [4.78, 5) is 12.0. The molecule has 1 saturated heterocycles. The molecule has 5 rings (SSSR count). The molecule has 2 fully saturated rings. The van der Waals surface area contributed by atoms with Crippen molar-refractivity contribution in [2.75, 3.05) is 25.0 Å². The predicted octanol–water partition coefficient (Wildman–Crippen LogP) is 3.31. The Kier molecular flexibility index (Phi) is 4.98. The summed E-state index contributed by atoms with van der Waals surface area (Å²) in [6.45, 7) is 3.77. The number of nitrogens with one attached hydrogen (secondary N) is 3. The number of hydrogen-bond donors (Lipinski definition) is 4. The van der Waals surface area contributed by atoms with Crippen molar-refractivity contribution in [1.82, 2.24) is 20.6 Å². The highest BCUT2D eigenvalue weighted by molar-refractivity contribution is 6.17. The van der Waals surface area contributed by atoms with Gasteiger partial charge >= 0.3 is 0 Å². The second kappa shape index (κ2) is 7.81. The molecule has 0 aromatic carbocycles. The fraction of sp³-hybridized carbons (Fsp3) is 0.375. The molecule has 7 nitrogen and oxygen atoms in total. The number of aliphatic hydroxyl groups is 1. The van der Waals surface area contributed by atoms with Crippen LogP contribution in [0.3, 0.4) is 0 Å². The summed E-state index contributed by atoms with van der Waals surface area (Å²) < 4.78 is 0. The van der Waals surface area contributed by atoms with E-state index in [0.29, 0.717) is 34.2 Å². The third-order valence-electron chi connectivity index (χ3n) is 6.24. The average Bonchev–Trinajstić information content (AvgIpc) is 3.47. The molecule has 3 aliphatic rings. The van der Waals surface area contributed by atoms with Crippen molar-refractivity contribution < 1.29 is 5.11 Å². The number of aromatic nitrogens is 2. The van der Waals surface area contributed by atoms with Gasteiger partial charge in [-0.05, 0) is 56.5 Å². The van der Waals surface area contributed by atoms with Crippen LogP contribution in [0.5, 0.6) is 0 Å². The minimum absolute atomic E-state index is 0.0981. The van der Waals surface area contributed by atoms with Gasteiger partial charge in [-0.1, -0.05) is 0 Å². The van der Waals surface area contributed by atoms with Crippen molar-refractivity contribution in [3.8, 4) is 0 Å². The molecule has 1 aliphatic heterocycles. The van der Waals surface area contributed by atoms with E-state index >= 15 is 0 Å². The van der Waals surface area contributed by atoms with Crippen LogP contribution in [-0.4, -0.2) is 53.0 Å². The summed E-state index contributed by atoms with van der Waals surface area (Å²) in [5.74, 6) is 1.09. The summed E-state index contributed by atoms with van der Waals surface area (Å²) >= 11 is 0. The van der Waals surface area contributed by atoms with E-state index < -0.39 is 0 Å². The quantitative estimate of drug-likeness (QED) is 0.597. The summed E-state index contributed by atoms with van der Waals surface area (Å²) in [6, 6.07) is 9.18. The number of pyridine rings is 2. The van der Waals surface area contributed by atoms with Crippen LogP contribution >= 0.6 is 0 Å². The van der Waals surface area contributed by atoms with E-state index in [-0.39, 0.29) is 5.76 Å². The molecule has 7 heteroatoms. The molecule has 2 aromatic rings. The number of allylic oxidation sites excluding steroid dienone is 4. The maximum Gasteiger partial charge on any atom is 0.130 e. The van der Waals surface area contributed by atoms with Crippen LogP contribution in [0.4, 0.5) is 5.82 Å². The van der Waals surface area contributed by atoms with Crippen LogP contribution in [0.25, 0.3) is 16.6 Å². The van der Waals surface area contributed by atoms with Crippen LogP contribution in [0.1, 0.15) is 31.9 Å². The minimum Gasteiger partial charge on any atom is -0.507 e. The summed E-state index contributed by atoms with van der Waals surface area (Å²) in [6.07, 6.45) is 7.34. The van der Waals surface area contributed by atoms with Gasteiger partial charge in [-0.2, -0.15) is 0 Å². The van der Waals surface area contributed by atoms with Gasteiger partial charge < -0.3 is 20.6 Å². The SMILES string of the molecule is CN/C=C1/C=C(c2ccc3nc(N4CCC(NC5CC5)C4)ccc3n2)C(O)=C(C)C1=N. The maximum absolute atomic E-state index is 10.7. The Morgan fingerprint density at radius 3 is 2.65 bits per heavy atom. The molecule has 4 N–H and O–H groups in total. The van der Waals surface area contributed by atoms with E-state index in [9.17, 15) is 5.11 Å². The first-order chi connectivity index (χ1) is 15.0. The number of nitrogens with zero attached hydrogens (tertiary/aromatic N) is 3. The average molecular weight is 417 g/mol. The van der Waals surface area contributed by atoms with E-state index in [4.69, 9.17) is 15.4 Å². The number of hydrogen-bond acceptors (Lipinski definition) is 7. The van der Waals surface area contributed by atoms with E-state index in [0.717, 1.165) is 42.4 Å². The van der Waals surface area contributed by atoms with Gasteiger partial charge in [0.05, 0.1) is 22.4 Å². The van der Waals surface area contributed by atoms with Crippen LogP contribution < -0.4 is 15.5 Å². The lowest BCUT2D eigenvalue weighted by molar-refractivity contribution is 0.433. The molecule has 31 heavy (non-hydrogen) atoms. The Balaban J connectivity index is 1.42. The summed E-state index contributed by atoms with van der Waals surface area (Å²) in [7, 11) is 1.80. The zero-order valence-electron chi connectivity index (χ0n) is 17.9. The lowest BCUT2D eigenvalue weighted by atomic mass is 9.91. The lowest BCUT2D eigenvalue weighted by Gasteiger charge is -2.19. The first-order valence-corrected chi connectivity index (χ1v) is 10.9. The lowest BCUT2D eigenvalue weighted by Crippen LogP contribution is -2.34. The Bertz CT molecular complexity index is 1140. The Morgan fingerprint density at radius 1 is 1.10 bits per heavy atom. The van der Waals surface area contributed by atoms with E-state index in [1.54, 1.807) is 26.2 Å². The zero-order chi connectivity index (χ0) is 21.5. The molecule has 0 amide bonds. The second-order valence-corrected chi connectivity index (χ2v) is 8.57. The van der Waals surface area contributed by atoms with Gasteiger partial charge in [-0.25, -0.2) is 9.97 Å². The van der Waals surface area contributed by atoms with E-state index in [1.807, 2.05) is 24.3 Å². The van der Waals surface area contributed by atoms with Crippen LogP contribution in [0, 0.1) is 5.41 Å². The molecule has 1 atom stereocenters. The smallest absolute Gasteiger partial charge is 0.130 e. The Morgan fingerprint density at radius 2 is 1.87 bits per heavy atom. The van der Waals surface area contributed by atoms with Crippen molar-refractivity contribution in [3.05, 3.63) is 59.1 Å². The molecule has 3 heterocycles. The molecule has 0 radical (unpaired) electrons. The fourth-order valence-electron chi connectivity index (χ4n) is 4.31. The standard InChI is InChI=1S/C24H28N6O/c1-14-23(25)15(12-26-2)11-18(24(14)31)19-5-6-21-20(28-19)7-8-22(29-21)30-10-9-17(13-30)27-16-3-4-16/h5-8,11-12,16-17,25-27,31H,3-4,9-10,13H2,1-2H3/b15-12-,25-23?. The largest absolute Gasteiger partial charge is 0.507 e. The van der Waals surface area contributed by atoms with Gasteiger partial charge in [-0.3, -0.25) is 5.41 Å². The van der Waals surface area contributed by atoms with Crippen molar-refractivity contribution in [1.29, 1.82) is 5.41 Å². The van der Waals surface area contributed by atoms with E-state index in [1.165, 1.54) is 12.8 Å². The fourth-order valence-corrected chi connectivity index (χ4v) is 4.31. The molecule has 2 aliphatic carbocycles. The van der Waals surface area contributed by atoms with Crippen molar-refractivity contribution in [3.63, 3.8) is 0 Å². The van der Waals surface area contributed by atoms with Crippen LogP contribution in [0.2, 0.25) is 0 Å². The molecule has 0 spiro atoms. The molecule has 1 unspecified atom stereocenters. The molecule has 2 aromatic heterocycles. The van der Waals surface area contributed by atoms with Crippen molar-refractivity contribution in [2.24, 2.45) is 0 Å². The number of fused-ring (bicyclic) bond motifs is 1. The topological polar surface area (TPSA) is 97.2 Å². The van der Waals surface area contributed by atoms with Gasteiger partial charge in [0.1, 0.15) is 11.6 Å². The van der Waals surface area contributed by atoms with E-state index in [2.05, 4.69) is 15.5 Å². The van der Waals surface area contributed by atoms with Crippen molar-refractivity contribution in [2.45, 2.75) is 38.3 Å². The van der Waals surface area contributed by atoms with Crippen LogP contribution in [0.15, 0.2) is 53.4 Å². The number of anilines is 1. The number of aliphatic hydroxyl groups excluding tert-OH is 1. The second-order valence-electron chi connectivity index (χ2n) is 8.57. The predicted molar refractivity (Wildman–Crippen MR) is 124 cm³/mol. The van der Waals surface area contributed by atoms with Crippen molar-refractivity contribution >= 4 is 28.1 Å². The molecular weight excluding hydrogens is 388 g/mol. The first kappa shape index (κ1) is 19.8. The third kappa shape index (κ3) is 3.81. The molecule has 1 saturated carbocycles. The number of rotatable bonds is 5. The zero-order valence-corrected chi connectivity index (χ0v) is 17.9. The van der Waals surface area contributed by atoms with Crippen LogP contribution in [-0.2, 0) is 0 Å². The van der Waals surface area contributed by atoms with Gasteiger partial charge in [0.15, 0.2) is 0 Å². The van der Waals surface area contributed by atoms with Gasteiger partial charge in [0.2, 0.25) is 0 Å².